The van der Waals surface area contributed by atoms with Crippen LogP contribution in [0.5, 0.6) is 17.2 Å². The molecule has 0 saturated carbocycles. The van der Waals surface area contributed by atoms with Gasteiger partial charge in [0, 0.05) is 25.3 Å². The molecule has 0 N–H and O–H groups in total. The lowest BCUT2D eigenvalue weighted by Gasteiger charge is -2.28. The molecule has 1 saturated heterocycles. The van der Waals surface area contributed by atoms with Gasteiger partial charge in [-0.05, 0) is 32.4 Å². The highest BCUT2D eigenvalue weighted by Gasteiger charge is 2.19. The molecule has 5 heteroatoms. The minimum Gasteiger partial charge on any atom is -0.493 e. The van der Waals surface area contributed by atoms with Gasteiger partial charge in [0.15, 0.2) is 11.5 Å². The van der Waals surface area contributed by atoms with Crippen molar-refractivity contribution in [3.8, 4) is 17.2 Å². The van der Waals surface area contributed by atoms with Gasteiger partial charge in [-0.1, -0.05) is 6.07 Å². The van der Waals surface area contributed by atoms with Crippen LogP contribution in [0.1, 0.15) is 24.8 Å². The van der Waals surface area contributed by atoms with Gasteiger partial charge in [0.25, 0.3) is 0 Å². The van der Waals surface area contributed by atoms with Crippen molar-refractivity contribution >= 4 is 0 Å². The van der Waals surface area contributed by atoms with Crippen molar-refractivity contribution < 1.29 is 18.9 Å². The van der Waals surface area contributed by atoms with Crippen LogP contribution in [-0.2, 0) is 11.3 Å². The van der Waals surface area contributed by atoms with E-state index >= 15 is 0 Å². The largest absolute Gasteiger partial charge is 0.493 e. The molecule has 0 amide bonds. The second-order valence-corrected chi connectivity index (χ2v) is 5.68. The van der Waals surface area contributed by atoms with Crippen LogP contribution >= 0.6 is 0 Å². The van der Waals surface area contributed by atoms with Gasteiger partial charge in [-0.15, -0.1) is 0 Å². The second kappa shape index (κ2) is 8.25. The molecule has 5 nitrogen and oxygen atoms in total. The van der Waals surface area contributed by atoms with Gasteiger partial charge >= 0.3 is 0 Å². The normalized spacial score (nSPS) is 18.3. The van der Waals surface area contributed by atoms with E-state index in [-0.39, 0.29) is 0 Å². The summed E-state index contributed by atoms with van der Waals surface area (Å²) >= 11 is 0. The lowest BCUT2D eigenvalue weighted by atomic mass is 10.1. The lowest BCUT2D eigenvalue weighted by molar-refractivity contribution is -0.00268. The number of ether oxygens (including phenoxy) is 4. The average molecular weight is 309 g/mol. The third-order valence-electron chi connectivity index (χ3n) is 4.02. The molecule has 1 aliphatic rings. The first-order chi connectivity index (χ1) is 10.7. The molecule has 22 heavy (non-hydrogen) atoms. The summed E-state index contributed by atoms with van der Waals surface area (Å²) in [5.41, 5.74) is 1.08. The molecule has 0 radical (unpaired) electrons. The number of benzene rings is 1. The Morgan fingerprint density at radius 3 is 2.45 bits per heavy atom. The predicted molar refractivity (Wildman–Crippen MR) is 86.0 cm³/mol. The standard InChI is InChI=1S/C17H27NO4/c1-18(12-14-7-5-6-10-22-14)11-13-8-9-15(19-2)17(21-4)16(13)20-3/h8-9,14H,5-7,10-12H2,1-4H3. The van der Waals surface area contributed by atoms with Crippen molar-refractivity contribution in [3.63, 3.8) is 0 Å². The number of hydrogen-bond donors (Lipinski definition) is 0. The molecule has 1 fully saturated rings. The van der Waals surface area contributed by atoms with E-state index in [2.05, 4.69) is 11.9 Å². The molecule has 0 aromatic heterocycles. The van der Waals surface area contributed by atoms with Crippen LogP contribution in [0.3, 0.4) is 0 Å². The number of hydrogen-bond acceptors (Lipinski definition) is 5. The minimum absolute atomic E-state index is 0.338. The highest BCUT2D eigenvalue weighted by atomic mass is 16.5. The molecular formula is C17H27NO4. The Morgan fingerprint density at radius 1 is 1.09 bits per heavy atom. The zero-order valence-electron chi connectivity index (χ0n) is 14.1. The second-order valence-electron chi connectivity index (χ2n) is 5.68. The molecule has 1 atom stereocenters. The van der Waals surface area contributed by atoms with Crippen LogP contribution in [-0.4, -0.2) is 52.5 Å². The SMILES string of the molecule is COc1ccc(CN(C)CC2CCCCO2)c(OC)c1OC. The average Bonchev–Trinajstić information content (AvgIpc) is 2.55. The predicted octanol–water partition coefficient (Wildman–Crippen LogP) is 2.71. The quantitative estimate of drug-likeness (QED) is 0.774. The summed E-state index contributed by atoms with van der Waals surface area (Å²) in [4.78, 5) is 2.26. The number of likely N-dealkylation sites (N-methyl/N-ethyl adjacent to an activating group) is 1. The van der Waals surface area contributed by atoms with E-state index in [1.165, 1.54) is 12.8 Å². The zero-order chi connectivity index (χ0) is 15.9. The van der Waals surface area contributed by atoms with Crippen LogP contribution in [0.25, 0.3) is 0 Å². The summed E-state index contributed by atoms with van der Waals surface area (Å²) in [6.45, 7) is 2.60. The molecule has 1 heterocycles. The summed E-state index contributed by atoms with van der Waals surface area (Å²) in [6.07, 6.45) is 3.93. The van der Waals surface area contributed by atoms with Crippen LogP contribution < -0.4 is 14.2 Å². The number of nitrogens with zero attached hydrogens (tertiary/aromatic N) is 1. The molecule has 1 unspecified atom stereocenters. The number of methoxy groups -OCH3 is 3. The summed E-state index contributed by atoms with van der Waals surface area (Å²) < 4.78 is 22.1. The Kier molecular flexibility index (Phi) is 6.34. The van der Waals surface area contributed by atoms with Gasteiger partial charge in [-0.3, -0.25) is 4.90 Å². The van der Waals surface area contributed by atoms with Crippen molar-refractivity contribution in [1.82, 2.24) is 4.90 Å². The van der Waals surface area contributed by atoms with E-state index in [9.17, 15) is 0 Å². The Hall–Kier alpha value is -1.46. The molecule has 124 valence electrons. The summed E-state index contributed by atoms with van der Waals surface area (Å²) in [7, 11) is 7.02. The fourth-order valence-electron chi connectivity index (χ4n) is 2.94. The maximum Gasteiger partial charge on any atom is 0.203 e. The lowest BCUT2D eigenvalue weighted by Crippen LogP contribution is -2.33. The third-order valence-corrected chi connectivity index (χ3v) is 4.02. The molecule has 0 aliphatic carbocycles. The van der Waals surface area contributed by atoms with Crippen molar-refractivity contribution in [2.24, 2.45) is 0 Å². The van der Waals surface area contributed by atoms with Gasteiger partial charge in [0.2, 0.25) is 5.75 Å². The zero-order valence-corrected chi connectivity index (χ0v) is 14.1. The Morgan fingerprint density at radius 2 is 1.86 bits per heavy atom. The molecule has 2 rings (SSSR count). The molecule has 1 aliphatic heterocycles. The highest BCUT2D eigenvalue weighted by molar-refractivity contribution is 5.55. The van der Waals surface area contributed by atoms with E-state index in [0.717, 1.165) is 37.4 Å². The summed E-state index contributed by atoms with van der Waals surface area (Å²) in [5.74, 6) is 2.06. The van der Waals surface area contributed by atoms with Crippen LogP contribution in [0.4, 0.5) is 0 Å². The smallest absolute Gasteiger partial charge is 0.203 e. The van der Waals surface area contributed by atoms with Crippen LogP contribution in [0.2, 0.25) is 0 Å². The highest BCUT2D eigenvalue weighted by Crippen LogP contribution is 2.40. The van der Waals surface area contributed by atoms with Crippen LogP contribution in [0, 0.1) is 0 Å². The molecule has 1 aromatic carbocycles. The third kappa shape index (κ3) is 4.05. The van der Waals surface area contributed by atoms with Crippen molar-refractivity contribution in [3.05, 3.63) is 17.7 Å². The van der Waals surface area contributed by atoms with E-state index in [4.69, 9.17) is 18.9 Å². The Balaban J connectivity index is 2.07. The van der Waals surface area contributed by atoms with E-state index < -0.39 is 0 Å². The molecule has 0 spiro atoms. The van der Waals surface area contributed by atoms with Gasteiger partial charge in [-0.25, -0.2) is 0 Å². The number of rotatable bonds is 7. The molecule has 1 aromatic rings. The Labute approximate surface area is 133 Å². The van der Waals surface area contributed by atoms with Crippen molar-refractivity contribution in [2.75, 3.05) is 41.5 Å². The summed E-state index contributed by atoms with van der Waals surface area (Å²) in [6, 6.07) is 3.94. The fourth-order valence-corrected chi connectivity index (χ4v) is 2.94. The van der Waals surface area contributed by atoms with Gasteiger partial charge in [-0.2, -0.15) is 0 Å². The summed E-state index contributed by atoms with van der Waals surface area (Å²) in [5, 5.41) is 0. The molecular weight excluding hydrogens is 282 g/mol. The van der Waals surface area contributed by atoms with E-state index in [1.807, 2.05) is 12.1 Å². The van der Waals surface area contributed by atoms with Crippen molar-refractivity contribution in [1.29, 1.82) is 0 Å². The fraction of sp³-hybridized carbons (Fsp3) is 0.647. The van der Waals surface area contributed by atoms with E-state index in [0.29, 0.717) is 17.6 Å². The topological polar surface area (TPSA) is 40.2 Å². The first-order valence-electron chi connectivity index (χ1n) is 7.77. The maximum absolute atomic E-state index is 5.81. The van der Waals surface area contributed by atoms with Gasteiger partial charge in [0.05, 0.1) is 27.4 Å². The van der Waals surface area contributed by atoms with Crippen LogP contribution in [0.15, 0.2) is 12.1 Å². The van der Waals surface area contributed by atoms with Gasteiger partial charge < -0.3 is 18.9 Å². The maximum atomic E-state index is 5.81. The first-order valence-corrected chi connectivity index (χ1v) is 7.77. The van der Waals surface area contributed by atoms with E-state index in [1.54, 1.807) is 21.3 Å². The molecule has 0 bridgehead atoms. The first kappa shape index (κ1) is 16.9. The van der Waals surface area contributed by atoms with Gasteiger partial charge in [0.1, 0.15) is 0 Å². The minimum atomic E-state index is 0.338. The van der Waals surface area contributed by atoms with Crippen molar-refractivity contribution in [2.45, 2.75) is 31.9 Å². The Bertz CT molecular complexity index is 472. The monoisotopic (exact) mass is 309 g/mol.